The van der Waals surface area contributed by atoms with Crippen LogP contribution in [0.25, 0.3) is 0 Å². The minimum atomic E-state index is -0.271. The van der Waals surface area contributed by atoms with E-state index in [2.05, 4.69) is 20.4 Å². The van der Waals surface area contributed by atoms with Gasteiger partial charge in [0.05, 0.1) is 0 Å². The lowest BCUT2D eigenvalue weighted by Crippen LogP contribution is -2.19. The minimum Gasteiger partial charge on any atom is -0.447 e. The van der Waals surface area contributed by atoms with Crippen LogP contribution in [0.1, 0.15) is 20.8 Å². The van der Waals surface area contributed by atoms with Gasteiger partial charge in [0.25, 0.3) is 0 Å². The quantitative estimate of drug-likeness (QED) is 0.553. The first kappa shape index (κ1) is 13.0. The molecule has 1 heterocycles. The lowest BCUT2D eigenvalue weighted by molar-refractivity contribution is -0.139. The van der Waals surface area contributed by atoms with Crippen molar-refractivity contribution in [2.45, 2.75) is 26.2 Å². The first-order valence-corrected chi connectivity index (χ1v) is 7.17. The van der Waals surface area contributed by atoms with E-state index in [1.807, 2.05) is 11.8 Å². The van der Waals surface area contributed by atoms with Gasteiger partial charge < -0.3 is 4.74 Å². The maximum absolute atomic E-state index is 11.3. The van der Waals surface area contributed by atoms with E-state index in [1.54, 1.807) is 18.7 Å². The maximum Gasteiger partial charge on any atom is 0.334 e. The van der Waals surface area contributed by atoms with Gasteiger partial charge in [0, 0.05) is 17.1 Å². The fraction of sp³-hybridized carbons (Fsp3) is 0.727. The highest BCUT2D eigenvalue weighted by molar-refractivity contribution is 8.03. The van der Waals surface area contributed by atoms with Crippen LogP contribution in [0.2, 0.25) is 0 Å². The van der Waals surface area contributed by atoms with Crippen molar-refractivity contribution in [2.24, 2.45) is 5.41 Å². The van der Waals surface area contributed by atoms with Gasteiger partial charge in [-0.25, -0.2) is 4.79 Å². The molecule has 86 valence electrons. The zero-order valence-corrected chi connectivity index (χ0v) is 11.2. The molecule has 1 aliphatic rings. The summed E-state index contributed by atoms with van der Waals surface area (Å²) in [7, 11) is 0. The fourth-order valence-electron chi connectivity index (χ4n) is 1.13. The van der Waals surface area contributed by atoms with E-state index in [9.17, 15) is 4.79 Å². The van der Waals surface area contributed by atoms with Gasteiger partial charge in [-0.3, -0.25) is 0 Å². The highest BCUT2D eigenvalue weighted by atomic mass is 32.2. The van der Waals surface area contributed by atoms with Gasteiger partial charge in [-0.15, -0.1) is 11.8 Å². The van der Waals surface area contributed by atoms with Crippen molar-refractivity contribution in [1.29, 1.82) is 0 Å². The molecule has 0 aromatic carbocycles. The third kappa shape index (κ3) is 4.51. The van der Waals surface area contributed by atoms with Gasteiger partial charge in [0.15, 0.2) is 5.44 Å². The van der Waals surface area contributed by atoms with Gasteiger partial charge in [-0.2, -0.15) is 11.8 Å². The molecule has 0 N–H and O–H groups in total. The molecule has 0 aliphatic carbocycles. The van der Waals surface area contributed by atoms with Gasteiger partial charge in [0.2, 0.25) is 0 Å². The molecule has 0 bridgehead atoms. The van der Waals surface area contributed by atoms with Crippen molar-refractivity contribution in [3.05, 3.63) is 12.2 Å². The SMILES string of the molecule is C=C(C)C(=O)OC1CSCC(C)(C)CS1. The summed E-state index contributed by atoms with van der Waals surface area (Å²) in [4.78, 5) is 11.3. The molecule has 0 aromatic heterocycles. The summed E-state index contributed by atoms with van der Waals surface area (Å²) in [5.74, 6) is 2.77. The van der Waals surface area contributed by atoms with Crippen molar-refractivity contribution in [3.63, 3.8) is 0 Å². The molecule has 0 radical (unpaired) electrons. The Morgan fingerprint density at radius 1 is 1.47 bits per heavy atom. The molecule has 4 heteroatoms. The lowest BCUT2D eigenvalue weighted by Gasteiger charge is -2.20. The summed E-state index contributed by atoms with van der Waals surface area (Å²) in [5.41, 5.74) is 0.796. The Bertz CT molecular complexity index is 261. The van der Waals surface area contributed by atoms with Gasteiger partial charge in [-0.1, -0.05) is 20.4 Å². The fourth-order valence-corrected chi connectivity index (χ4v) is 3.86. The number of thioether (sulfide) groups is 2. The highest BCUT2D eigenvalue weighted by Gasteiger charge is 2.27. The second-order valence-electron chi connectivity index (χ2n) is 4.61. The molecular formula is C11H18O2S2. The molecular weight excluding hydrogens is 228 g/mol. The normalized spacial score (nSPS) is 25.4. The van der Waals surface area contributed by atoms with E-state index in [1.165, 1.54) is 0 Å². The number of hydrogen-bond donors (Lipinski definition) is 0. The Kier molecular flexibility index (Phi) is 4.59. The molecule has 1 atom stereocenters. The molecule has 1 unspecified atom stereocenters. The summed E-state index contributed by atoms with van der Waals surface area (Å²) >= 11 is 3.59. The Labute approximate surface area is 100 Å². The number of rotatable bonds is 2. The van der Waals surface area contributed by atoms with Crippen LogP contribution in [0.4, 0.5) is 0 Å². The first-order chi connectivity index (χ1) is 6.91. The van der Waals surface area contributed by atoms with Crippen molar-refractivity contribution < 1.29 is 9.53 Å². The van der Waals surface area contributed by atoms with E-state index < -0.39 is 0 Å². The van der Waals surface area contributed by atoms with Crippen LogP contribution in [-0.4, -0.2) is 28.7 Å². The first-order valence-electron chi connectivity index (χ1n) is 4.96. The number of carbonyl (C=O) groups excluding carboxylic acids is 1. The zero-order valence-electron chi connectivity index (χ0n) is 9.54. The summed E-state index contributed by atoms with van der Waals surface area (Å²) in [6, 6.07) is 0. The van der Waals surface area contributed by atoms with E-state index in [0.29, 0.717) is 11.0 Å². The Morgan fingerprint density at radius 2 is 2.13 bits per heavy atom. The number of esters is 1. The molecule has 0 aromatic rings. The van der Waals surface area contributed by atoms with Crippen LogP contribution in [0, 0.1) is 5.41 Å². The van der Waals surface area contributed by atoms with E-state index >= 15 is 0 Å². The molecule has 1 aliphatic heterocycles. The molecule has 0 spiro atoms. The van der Waals surface area contributed by atoms with E-state index in [0.717, 1.165) is 17.3 Å². The highest BCUT2D eigenvalue weighted by Crippen LogP contribution is 2.34. The zero-order chi connectivity index (χ0) is 11.5. The molecule has 0 amide bonds. The van der Waals surface area contributed by atoms with Gasteiger partial charge in [0.1, 0.15) is 0 Å². The van der Waals surface area contributed by atoms with Crippen LogP contribution in [0.5, 0.6) is 0 Å². The number of ether oxygens (including phenoxy) is 1. The second kappa shape index (κ2) is 5.30. The molecule has 1 rings (SSSR count). The molecule has 2 nitrogen and oxygen atoms in total. The predicted molar refractivity (Wildman–Crippen MR) is 68.3 cm³/mol. The Balaban J connectivity index is 2.45. The van der Waals surface area contributed by atoms with Crippen molar-refractivity contribution in [1.82, 2.24) is 0 Å². The van der Waals surface area contributed by atoms with Gasteiger partial charge in [-0.05, 0) is 18.1 Å². The third-order valence-electron chi connectivity index (χ3n) is 1.99. The van der Waals surface area contributed by atoms with E-state index in [4.69, 9.17) is 4.74 Å². The molecule has 1 fully saturated rings. The Hall–Kier alpha value is -0.0900. The second-order valence-corrected chi connectivity index (χ2v) is 6.78. The number of hydrogen-bond acceptors (Lipinski definition) is 4. The monoisotopic (exact) mass is 246 g/mol. The van der Waals surface area contributed by atoms with E-state index in [-0.39, 0.29) is 11.4 Å². The predicted octanol–water partition coefficient (Wildman–Crippen LogP) is 2.94. The van der Waals surface area contributed by atoms with Crippen LogP contribution < -0.4 is 0 Å². The molecule has 15 heavy (non-hydrogen) atoms. The summed E-state index contributed by atoms with van der Waals surface area (Å²) < 4.78 is 5.33. The summed E-state index contributed by atoms with van der Waals surface area (Å²) in [6.07, 6.45) is 0. The van der Waals surface area contributed by atoms with Crippen LogP contribution in [-0.2, 0) is 9.53 Å². The Morgan fingerprint density at radius 3 is 2.73 bits per heavy atom. The molecule has 1 saturated heterocycles. The van der Waals surface area contributed by atoms with Gasteiger partial charge >= 0.3 is 5.97 Å². The summed E-state index contributed by atoms with van der Waals surface area (Å²) in [6.45, 7) is 9.76. The average molecular weight is 246 g/mol. The number of carbonyl (C=O) groups is 1. The van der Waals surface area contributed by atoms with Crippen LogP contribution in [0.3, 0.4) is 0 Å². The van der Waals surface area contributed by atoms with Crippen molar-refractivity contribution >= 4 is 29.5 Å². The third-order valence-corrected chi connectivity index (χ3v) is 5.31. The smallest absolute Gasteiger partial charge is 0.334 e. The maximum atomic E-state index is 11.3. The average Bonchev–Trinajstić information content (AvgIpc) is 2.28. The lowest BCUT2D eigenvalue weighted by atomic mass is 10.0. The van der Waals surface area contributed by atoms with Crippen molar-refractivity contribution in [3.8, 4) is 0 Å². The van der Waals surface area contributed by atoms with Crippen LogP contribution in [0.15, 0.2) is 12.2 Å². The minimum absolute atomic E-state index is 0.0130. The van der Waals surface area contributed by atoms with Crippen LogP contribution >= 0.6 is 23.5 Å². The topological polar surface area (TPSA) is 26.3 Å². The van der Waals surface area contributed by atoms with Crippen molar-refractivity contribution in [2.75, 3.05) is 17.3 Å². The molecule has 0 saturated carbocycles. The largest absolute Gasteiger partial charge is 0.447 e. The standard InChI is InChI=1S/C11H18O2S2/c1-8(2)10(12)13-9-5-14-6-11(3,4)7-15-9/h9H,1,5-7H2,2-4H3. The summed E-state index contributed by atoms with van der Waals surface area (Å²) in [5, 5.41) is 0.